The molecule has 0 aliphatic carbocycles. The summed E-state index contributed by atoms with van der Waals surface area (Å²) < 4.78 is 11.1. The number of carbonyl (C=O) groups is 2. The number of ketones is 1. The second kappa shape index (κ2) is 11.1. The largest absolute Gasteiger partial charge is 0.507 e. The van der Waals surface area contributed by atoms with E-state index in [0.29, 0.717) is 49.2 Å². The van der Waals surface area contributed by atoms with Crippen LogP contribution in [-0.4, -0.2) is 67.7 Å². The normalized spacial score (nSPS) is 20.3. The molecule has 2 aromatic carbocycles. The van der Waals surface area contributed by atoms with Gasteiger partial charge in [-0.2, -0.15) is 0 Å². The third-order valence-electron chi connectivity index (χ3n) is 6.44. The van der Waals surface area contributed by atoms with Crippen LogP contribution in [0.5, 0.6) is 5.75 Å². The van der Waals surface area contributed by atoms with Crippen molar-refractivity contribution in [3.8, 4) is 5.75 Å². The SMILES string of the molecule is C=CCOc1ccc(C(O)=C2C(=O)C(=O)N(CC[NH+]3CCOCC3)[C@H]2c2ccc(Cl)cc2)cc1C. The van der Waals surface area contributed by atoms with Gasteiger partial charge in [0, 0.05) is 10.6 Å². The zero-order chi connectivity index (χ0) is 24.9. The molecule has 0 spiro atoms. The highest BCUT2D eigenvalue weighted by atomic mass is 35.5. The minimum atomic E-state index is -0.704. The molecular formula is C27H30ClN2O5+. The lowest BCUT2D eigenvalue weighted by molar-refractivity contribution is -0.907. The predicted octanol–water partition coefficient (Wildman–Crippen LogP) is 2.55. The predicted molar refractivity (Wildman–Crippen MR) is 134 cm³/mol. The fourth-order valence-corrected chi connectivity index (χ4v) is 4.68. The van der Waals surface area contributed by atoms with E-state index in [-0.39, 0.29) is 11.3 Å². The Kier molecular flexibility index (Phi) is 7.90. The van der Waals surface area contributed by atoms with Gasteiger partial charge in [-0.3, -0.25) is 9.59 Å². The third-order valence-corrected chi connectivity index (χ3v) is 6.69. The van der Waals surface area contributed by atoms with E-state index in [4.69, 9.17) is 21.1 Å². The molecule has 35 heavy (non-hydrogen) atoms. The highest BCUT2D eigenvalue weighted by molar-refractivity contribution is 6.46. The van der Waals surface area contributed by atoms with Crippen LogP contribution in [0, 0.1) is 6.92 Å². The molecule has 0 saturated carbocycles. The minimum Gasteiger partial charge on any atom is -0.507 e. The first-order valence-corrected chi connectivity index (χ1v) is 12.1. The number of hydrogen-bond donors (Lipinski definition) is 2. The highest BCUT2D eigenvalue weighted by Gasteiger charge is 2.46. The van der Waals surface area contributed by atoms with Crippen molar-refractivity contribution >= 4 is 29.1 Å². The Balaban J connectivity index is 1.71. The van der Waals surface area contributed by atoms with Crippen molar-refractivity contribution in [2.24, 2.45) is 0 Å². The lowest BCUT2D eigenvalue weighted by atomic mass is 9.95. The van der Waals surface area contributed by atoms with Gasteiger partial charge < -0.3 is 24.4 Å². The van der Waals surface area contributed by atoms with Gasteiger partial charge in [0.25, 0.3) is 11.7 Å². The van der Waals surface area contributed by atoms with Crippen molar-refractivity contribution in [2.45, 2.75) is 13.0 Å². The zero-order valence-corrected chi connectivity index (χ0v) is 20.5. The minimum absolute atomic E-state index is 0.0773. The summed E-state index contributed by atoms with van der Waals surface area (Å²) in [5.41, 5.74) is 2.04. The van der Waals surface area contributed by atoms with Crippen LogP contribution in [0.2, 0.25) is 5.02 Å². The van der Waals surface area contributed by atoms with E-state index in [1.54, 1.807) is 53.4 Å². The number of benzene rings is 2. The Labute approximate surface area is 210 Å². The van der Waals surface area contributed by atoms with Gasteiger partial charge in [0.15, 0.2) is 0 Å². The van der Waals surface area contributed by atoms with Crippen molar-refractivity contribution in [3.63, 3.8) is 0 Å². The summed E-state index contributed by atoms with van der Waals surface area (Å²) in [5, 5.41) is 11.8. The Hall–Kier alpha value is -3.13. The monoisotopic (exact) mass is 497 g/mol. The first kappa shape index (κ1) is 25.0. The molecule has 2 aliphatic heterocycles. The summed E-state index contributed by atoms with van der Waals surface area (Å²) in [4.78, 5) is 29.3. The lowest BCUT2D eigenvalue weighted by Gasteiger charge is -2.29. The number of Topliss-reactive ketones (excluding diaryl/α,β-unsaturated/α-hetero) is 1. The van der Waals surface area contributed by atoms with Crippen LogP contribution in [0.25, 0.3) is 5.76 Å². The Morgan fingerprint density at radius 3 is 2.60 bits per heavy atom. The summed E-state index contributed by atoms with van der Waals surface area (Å²) in [6.45, 7) is 10.0. The molecule has 1 amide bonds. The number of nitrogens with zero attached hydrogens (tertiary/aromatic N) is 1. The molecule has 4 rings (SSSR count). The maximum atomic E-state index is 13.2. The number of hydrogen-bond acceptors (Lipinski definition) is 5. The van der Waals surface area contributed by atoms with Crippen LogP contribution in [0.1, 0.15) is 22.7 Å². The van der Waals surface area contributed by atoms with Crippen molar-refractivity contribution < 1.29 is 29.1 Å². The van der Waals surface area contributed by atoms with E-state index < -0.39 is 17.7 Å². The van der Waals surface area contributed by atoms with E-state index in [2.05, 4.69) is 6.58 Å². The van der Waals surface area contributed by atoms with Crippen LogP contribution in [0.3, 0.4) is 0 Å². The molecule has 2 aromatic rings. The van der Waals surface area contributed by atoms with Crippen LogP contribution < -0.4 is 9.64 Å². The Morgan fingerprint density at radius 1 is 1.23 bits per heavy atom. The molecule has 7 nitrogen and oxygen atoms in total. The third kappa shape index (κ3) is 5.42. The smallest absolute Gasteiger partial charge is 0.295 e. The van der Waals surface area contributed by atoms with Gasteiger partial charge in [-0.25, -0.2) is 0 Å². The molecule has 0 radical (unpaired) electrons. The molecule has 0 unspecified atom stereocenters. The van der Waals surface area contributed by atoms with Gasteiger partial charge in [0.05, 0.1) is 37.9 Å². The van der Waals surface area contributed by atoms with Gasteiger partial charge in [0.2, 0.25) is 0 Å². The van der Waals surface area contributed by atoms with Gasteiger partial charge in [0.1, 0.15) is 31.2 Å². The molecule has 2 fully saturated rings. The molecule has 2 heterocycles. The van der Waals surface area contributed by atoms with E-state index in [9.17, 15) is 14.7 Å². The number of ether oxygens (including phenoxy) is 2. The van der Waals surface area contributed by atoms with E-state index in [1.807, 2.05) is 6.92 Å². The fourth-order valence-electron chi connectivity index (χ4n) is 4.55. The maximum absolute atomic E-state index is 13.2. The number of halogens is 1. The summed E-state index contributed by atoms with van der Waals surface area (Å²) >= 11 is 6.10. The molecular weight excluding hydrogens is 468 g/mol. The molecule has 1 atom stereocenters. The fraction of sp³-hybridized carbons (Fsp3) is 0.333. The molecule has 8 heteroatoms. The van der Waals surface area contributed by atoms with E-state index >= 15 is 0 Å². The number of aliphatic hydroxyl groups is 1. The first-order chi connectivity index (χ1) is 16.9. The number of nitrogens with one attached hydrogen (secondary N) is 1. The van der Waals surface area contributed by atoms with Crippen LogP contribution in [0.15, 0.2) is 60.7 Å². The first-order valence-electron chi connectivity index (χ1n) is 11.7. The van der Waals surface area contributed by atoms with Crippen LogP contribution in [0.4, 0.5) is 0 Å². The van der Waals surface area contributed by atoms with Gasteiger partial charge in [-0.15, -0.1) is 0 Å². The quantitative estimate of drug-likeness (QED) is 0.253. The van der Waals surface area contributed by atoms with Crippen molar-refractivity contribution in [3.05, 3.63) is 82.4 Å². The molecule has 2 N–H and O–H groups in total. The Bertz CT molecular complexity index is 1140. The molecule has 0 aromatic heterocycles. The number of likely N-dealkylation sites (tertiary alicyclic amines) is 1. The summed E-state index contributed by atoms with van der Waals surface area (Å²) in [5.74, 6) is -0.849. The van der Waals surface area contributed by atoms with Crippen molar-refractivity contribution in [1.29, 1.82) is 0 Å². The molecule has 2 saturated heterocycles. The van der Waals surface area contributed by atoms with Crippen LogP contribution in [-0.2, 0) is 14.3 Å². The van der Waals surface area contributed by atoms with E-state index in [1.165, 1.54) is 4.90 Å². The molecule has 2 aliphatic rings. The maximum Gasteiger partial charge on any atom is 0.295 e. The standard InChI is InChI=1S/C27H29ClN2O5/c1-3-14-35-22-9-6-20(17-18(22)2)25(31)23-24(19-4-7-21(28)8-5-19)30(27(33)26(23)32)11-10-29-12-15-34-16-13-29/h3-9,17,24,31H,1,10-16H2,2H3/p+1/t24-/m0/s1. The van der Waals surface area contributed by atoms with Crippen LogP contribution >= 0.6 is 11.6 Å². The van der Waals surface area contributed by atoms with Gasteiger partial charge in [-0.05, 0) is 48.4 Å². The van der Waals surface area contributed by atoms with E-state index in [0.717, 1.165) is 24.2 Å². The number of rotatable bonds is 8. The second-order valence-electron chi connectivity index (χ2n) is 8.74. The molecule has 184 valence electrons. The molecule has 0 bridgehead atoms. The van der Waals surface area contributed by atoms with Gasteiger partial charge in [-0.1, -0.05) is 36.4 Å². The zero-order valence-electron chi connectivity index (χ0n) is 19.8. The lowest BCUT2D eigenvalue weighted by Crippen LogP contribution is -3.14. The summed E-state index contributed by atoms with van der Waals surface area (Å²) in [7, 11) is 0. The number of aliphatic hydroxyl groups excluding tert-OH is 1. The average molecular weight is 498 g/mol. The number of quaternary nitrogens is 1. The summed E-state index contributed by atoms with van der Waals surface area (Å²) in [6.07, 6.45) is 1.65. The highest BCUT2D eigenvalue weighted by Crippen LogP contribution is 2.39. The van der Waals surface area contributed by atoms with Crippen molar-refractivity contribution in [2.75, 3.05) is 46.0 Å². The topological polar surface area (TPSA) is 80.5 Å². The number of amides is 1. The van der Waals surface area contributed by atoms with Gasteiger partial charge >= 0.3 is 0 Å². The number of morpholine rings is 1. The number of carbonyl (C=O) groups excluding carboxylic acids is 2. The van der Waals surface area contributed by atoms with Crippen molar-refractivity contribution in [1.82, 2.24) is 4.90 Å². The number of aryl methyl sites for hydroxylation is 1. The Morgan fingerprint density at radius 2 is 1.94 bits per heavy atom. The summed E-state index contributed by atoms with van der Waals surface area (Å²) in [6, 6.07) is 11.5. The average Bonchev–Trinajstić information content (AvgIpc) is 3.12. The second-order valence-corrected chi connectivity index (χ2v) is 9.17.